The number of hydrogen-bond acceptors (Lipinski definition) is 6. The minimum absolute atomic E-state index is 0.0158. The summed E-state index contributed by atoms with van der Waals surface area (Å²) in [4.78, 5) is 30.7. The number of hydrogen-bond donors (Lipinski definition) is 0. The van der Waals surface area contributed by atoms with E-state index < -0.39 is 5.54 Å². The summed E-state index contributed by atoms with van der Waals surface area (Å²) in [5.74, 6) is 0.601. The van der Waals surface area contributed by atoms with Crippen molar-refractivity contribution >= 4 is 68.5 Å². The Morgan fingerprint density at radius 2 is 1.61 bits per heavy atom. The second-order valence-electron chi connectivity index (χ2n) is 9.45. The Morgan fingerprint density at radius 1 is 0.947 bits per heavy atom. The van der Waals surface area contributed by atoms with Crippen LogP contribution in [0.2, 0.25) is 0 Å². The summed E-state index contributed by atoms with van der Waals surface area (Å²) in [6, 6.07) is 25.0. The third kappa shape index (κ3) is 4.64. The lowest BCUT2D eigenvalue weighted by Gasteiger charge is -2.45. The van der Waals surface area contributed by atoms with E-state index in [0.29, 0.717) is 27.7 Å². The number of carbonyl (C=O) groups is 2. The first-order chi connectivity index (χ1) is 18.2. The van der Waals surface area contributed by atoms with Gasteiger partial charge in [-0.2, -0.15) is 0 Å². The maximum absolute atomic E-state index is 13.9. The molecule has 192 valence electrons. The highest BCUT2D eigenvalue weighted by Gasteiger charge is 2.45. The topological polar surface area (TPSA) is 46.6 Å². The van der Waals surface area contributed by atoms with Crippen LogP contribution < -0.4 is 9.64 Å². The van der Waals surface area contributed by atoms with E-state index >= 15 is 0 Å². The standard InChI is InChI=1S/C31H27NO3S3/c1-5-35-22-16-17-24-23(18-22)25(28(36)31(3,4)32(24)29(34)21-14-10-7-11-15-21)30-37-26(19(2)33)27(38-30)20-12-8-6-9-13-20/h6-18H,5H2,1-4H3/b30-25+. The van der Waals surface area contributed by atoms with Gasteiger partial charge in [-0.15, -0.1) is 0 Å². The number of amides is 1. The zero-order valence-electron chi connectivity index (χ0n) is 21.6. The second kappa shape index (κ2) is 10.6. The third-order valence-corrected chi connectivity index (χ3v) is 9.96. The fourth-order valence-electron chi connectivity index (χ4n) is 4.69. The zero-order chi connectivity index (χ0) is 27.0. The van der Waals surface area contributed by atoms with Crippen LogP contribution in [0.4, 0.5) is 5.69 Å². The second-order valence-corrected chi connectivity index (χ2v) is 12.2. The Bertz CT molecular complexity index is 1510. The van der Waals surface area contributed by atoms with Gasteiger partial charge in [0.2, 0.25) is 0 Å². The monoisotopic (exact) mass is 557 g/mol. The molecule has 0 aromatic heterocycles. The largest absolute Gasteiger partial charge is 0.494 e. The number of thiocarbonyl (C=S) groups is 1. The van der Waals surface area contributed by atoms with Crippen molar-refractivity contribution in [1.29, 1.82) is 0 Å². The first-order valence-corrected chi connectivity index (χ1v) is 14.4. The highest BCUT2D eigenvalue weighted by molar-refractivity contribution is 8.32. The molecule has 5 rings (SSSR count). The minimum atomic E-state index is -0.794. The van der Waals surface area contributed by atoms with E-state index in [2.05, 4.69) is 0 Å². The van der Waals surface area contributed by atoms with E-state index in [9.17, 15) is 9.59 Å². The fraction of sp³-hybridized carbons (Fsp3) is 0.194. The predicted molar refractivity (Wildman–Crippen MR) is 164 cm³/mol. The Labute approximate surface area is 237 Å². The summed E-state index contributed by atoms with van der Waals surface area (Å²) in [6.07, 6.45) is 0. The molecule has 0 saturated carbocycles. The van der Waals surface area contributed by atoms with E-state index in [1.807, 2.05) is 99.6 Å². The number of Topliss-reactive ketones (excluding diaryl/α,β-unsaturated/α-hetero) is 1. The fourth-order valence-corrected chi connectivity index (χ4v) is 7.88. The summed E-state index contributed by atoms with van der Waals surface area (Å²) in [7, 11) is 0. The normalized spacial score (nSPS) is 18.4. The number of thioether (sulfide) groups is 2. The van der Waals surface area contributed by atoms with Gasteiger partial charge in [0.05, 0.1) is 31.8 Å². The number of allylic oxidation sites excluding steroid dienone is 1. The Hall–Kier alpha value is -3.13. The van der Waals surface area contributed by atoms with Crippen molar-refractivity contribution in [3.8, 4) is 5.75 Å². The maximum Gasteiger partial charge on any atom is 0.259 e. The summed E-state index contributed by atoms with van der Waals surface area (Å²) < 4.78 is 6.79. The number of fused-ring (bicyclic) bond motifs is 1. The molecule has 0 aliphatic carbocycles. The molecule has 0 N–H and O–H groups in total. The van der Waals surface area contributed by atoms with Crippen molar-refractivity contribution in [3.05, 3.63) is 105 Å². The van der Waals surface area contributed by atoms with Crippen molar-refractivity contribution in [2.45, 2.75) is 33.2 Å². The third-order valence-electron chi connectivity index (χ3n) is 6.51. The minimum Gasteiger partial charge on any atom is -0.494 e. The molecule has 0 spiro atoms. The number of nitrogens with zero attached hydrogens (tertiary/aromatic N) is 1. The molecule has 0 bridgehead atoms. The average molecular weight is 558 g/mol. The van der Waals surface area contributed by atoms with Gasteiger partial charge in [0.25, 0.3) is 5.91 Å². The summed E-state index contributed by atoms with van der Waals surface area (Å²) in [6.45, 7) is 8.03. The van der Waals surface area contributed by atoms with E-state index in [4.69, 9.17) is 17.0 Å². The number of carbonyl (C=O) groups excluding carboxylic acids is 2. The van der Waals surface area contributed by atoms with Gasteiger partial charge in [-0.25, -0.2) is 0 Å². The van der Waals surface area contributed by atoms with Crippen LogP contribution in [-0.4, -0.2) is 28.7 Å². The molecule has 3 aromatic carbocycles. The van der Waals surface area contributed by atoms with E-state index in [1.54, 1.807) is 23.6 Å². The molecule has 0 saturated heterocycles. The number of benzene rings is 3. The van der Waals surface area contributed by atoms with Gasteiger partial charge in [0.1, 0.15) is 5.75 Å². The molecule has 1 amide bonds. The van der Waals surface area contributed by atoms with E-state index in [-0.39, 0.29) is 11.7 Å². The van der Waals surface area contributed by atoms with Crippen LogP contribution in [-0.2, 0) is 4.79 Å². The van der Waals surface area contributed by atoms with Crippen LogP contribution >= 0.6 is 35.7 Å². The van der Waals surface area contributed by atoms with Crippen LogP contribution in [0.5, 0.6) is 5.75 Å². The van der Waals surface area contributed by atoms with Crippen molar-refractivity contribution in [3.63, 3.8) is 0 Å². The van der Waals surface area contributed by atoms with Crippen LogP contribution in [0, 0.1) is 0 Å². The molecule has 2 heterocycles. The van der Waals surface area contributed by atoms with Crippen molar-refractivity contribution in [1.82, 2.24) is 0 Å². The number of anilines is 1. The van der Waals surface area contributed by atoms with Gasteiger partial charge in [-0.05, 0) is 63.6 Å². The quantitative estimate of drug-likeness (QED) is 0.234. The Kier molecular flexibility index (Phi) is 7.36. The van der Waals surface area contributed by atoms with Gasteiger partial charge in [-0.1, -0.05) is 84.3 Å². The van der Waals surface area contributed by atoms with Crippen LogP contribution in [0.15, 0.2) is 88.0 Å². The van der Waals surface area contributed by atoms with Gasteiger partial charge >= 0.3 is 0 Å². The molecule has 2 aliphatic rings. The number of ketones is 1. The molecular weight excluding hydrogens is 531 g/mol. The zero-order valence-corrected chi connectivity index (χ0v) is 24.1. The van der Waals surface area contributed by atoms with Crippen LogP contribution in [0.25, 0.3) is 10.5 Å². The predicted octanol–water partition coefficient (Wildman–Crippen LogP) is 8.00. The smallest absolute Gasteiger partial charge is 0.259 e. The summed E-state index contributed by atoms with van der Waals surface area (Å²) in [5, 5.41) is 0. The first kappa shape index (κ1) is 26.5. The molecule has 4 nitrogen and oxygen atoms in total. The summed E-state index contributed by atoms with van der Waals surface area (Å²) >= 11 is 9.20. The first-order valence-electron chi connectivity index (χ1n) is 12.4. The van der Waals surface area contributed by atoms with Gasteiger partial charge in [-0.3, -0.25) is 14.5 Å². The lowest BCUT2D eigenvalue weighted by atomic mass is 9.82. The molecular formula is C31H27NO3S3. The SMILES string of the molecule is CCOc1ccc2c(c1)/C(=C1/SC(C(C)=O)=C(c3ccccc3)S1)C(=S)C(C)(C)N2C(=O)c1ccccc1. The molecule has 0 atom stereocenters. The lowest BCUT2D eigenvalue weighted by Crippen LogP contribution is -2.55. The average Bonchev–Trinajstić information content (AvgIpc) is 3.36. The number of rotatable bonds is 5. The van der Waals surface area contributed by atoms with Crippen molar-refractivity contribution in [2.75, 3.05) is 11.5 Å². The van der Waals surface area contributed by atoms with E-state index in [0.717, 1.165) is 31.5 Å². The van der Waals surface area contributed by atoms with Crippen LogP contribution in [0.1, 0.15) is 49.2 Å². The van der Waals surface area contributed by atoms with Gasteiger partial charge < -0.3 is 4.74 Å². The maximum atomic E-state index is 13.9. The number of ether oxygens (including phenoxy) is 1. The van der Waals surface area contributed by atoms with Crippen molar-refractivity contribution < 1.29 is 14.3 Å². The highest BCUT2D eigenvalue weighted by atomic mass is 32.2. The molecule has 7 heteroatoms. The molecule has 2 aliphatic heterocycles. The van der Waals surface area contributed by atoms with E-state index in [1.165, 1.54) is 11.8 Å². The lowest BCUT2D eigenvalue weighted by molar-refractivity contribution is -0.112. The van der Waals surface area contributed by atoms with Gasteiger partial charge in [0, 0.05) is 21.6 Å². The highest BCUT2D eigenvalue weighted by Crippen LogP contribution is 2.58. The summed E-state index contributed by atoms with van der Waals surface area (Å²) in [5.41, 5.74) is 3.27. The van der Waals surface area contributed by atoms with Gasteiger partial charge in [0.15, 0.2) is 5.78 Å². The van der Waals surface area contributed by atoms with Crippen LogP contribution in [0.3, 0.4) is 0 Å². The van der Waals surface area contributed by atoms with Crippen molar-refractivity contribution in [2.24, 2.45) is 0 Å². The molecule has 0 fully saturated rings. The Morgan fingerprint density at radius 3 is 2.24 bits per heavy atom. The molecule has 0 radical (unpaired) electrons. The molecule has 38 heavy (non-hydrogen) atoms. The Balaban J connectivity index is 1.71. The molecule has 0 unspecified atom stereocenters. The molecule has 3 aromatic rings.